The average Bonchev–Trinajstić information content (AvgIpc) is 2.32. The Morgan fingerprint density at radius 3 is 3.12 bits per heavy atom. The van der Waals surface area contributed by atoms with Crippen LogP contribution in [-0.4, -0.2) is 39.2 Å². The van der Waals surface area contributed by atoms with Gasteiger partial charge in [-0.05, 0) is 31.9 Å². The van der Waals surface area contributed by atoms with Crippen molar-refractivity contribution < 1.29 is 5.11 Å². The molecule has 1 fully saturated rings. The molecule has 2 rings (SSSR count). The van der Waals surface area contributed by atoms with Gasteiger partial charge in [-0.1, -0.05) is 6.42 Å². The number of nitrogens with zero attached hydrogens (tertiary/aromatic N) is 3. The Hall–Kier alpha value is -1.20. The van der Waals surface area contributed by atoms with E-state index in [4.69, 9.17) is 10.8 Å². The summed E-state index contributed by atoms with van der Waals surface area (Å²) in [5.41, 5.74) is 5.65. The first-order valence-corrected chi connectivity index (χ1v) is 6.22. The molecule has 0 aliphatic carbocycles. The van der Waals surface area contributed by atoms with Gasteiger partial charge in [-0.2, -0.15) is 0 Å². The van der Waals surface area contributed by atoms with E-state index in [-0.39, 0.29) is 6.61 Å². The maximum absolute atomic E-state index is 9.07. The molecule has 1 aromatic heterocycles. The van der Waals surface area contributed by atoms with Crippen LogP contribution in [0.1, 0.15) is 31.5 Å². The molecule has 2 heterocycles. The van der Waals surface area contributed by atoms with E-state index in [1.807, 2.05) is 0 Å². The second kappa shape index (κ2) is 5.93. The van der Waals surface area contributed by atoms with Crippen LogP contribution >= 0.6 is 0 Å². The third-order valence-electron chi connectivity index (χ3n) is 3.28. The Morgan fingerprint density at radius 1 is 1.47 bits per heavy atom. The first-order valence-electron chi connectivity index (χ1n) is 6.22. The van der Waals surface area contributed by atoms with Crippen LogP contribution in [0.25, 0.3) is 0 Å². The molecule has 0 amide bonds. The van der Waals surface area contributed by atoms with E-state index in [2.05, 4.69) is 14.9 Å². The van der Waals surface area contributed by atoms with Crippen molar-refractivity contribution in [3.05, 3.63) is 18.1 Å². The second-order valence-electron chi connectivity index (χ2n) is 4.53. The van der Waals surface area contributed by atoms with Crippen molar-refractivity contribution in [1.82, 2.24) is 14.9 Å². The van der Waals surface area contributed by atoms with Crippen molar-refractivity contribution in [2.24, 2.45) is 0 Å². The van der Waals surface area contributed by atoms with E-state index in [1.54, 1.807) is 12.3 Å². The largest absolute Gasteiger partial charge is 0.396 e. The van der Waals surface area contributed by atoms with Crippen LogP contribution in [0.15, 0.2) is 12.3 Å². The summed E-state index contributed by atoms with van der Waals surface area (Å²) < 4.78 is 0. The summed E-state index contributed by atoms with van der Waals surface area (Å²) in [7, 11) is 0. The summed E-state index contributed by atoms with van der Waals surface area (Å²) in [5, 5.41) is 9.07. The molecule has 1 saturated heterocycles. The number of aromatic nitrogens is 2. The van der Waals surface area contributed by atoms with Gasteiger partial charge in [-0.3, -0.25) is 4.90 Å². The van der Waals surface area contributed by atoms with E-state index < -0.39 is 0 Å². The van der Waals surface area contributed by atoms with Gasteiger partial charge in [-0.15, -0.1) is 0 Å². The van der Waals surface area contributed by atoms with E-state index in [0.29, 0.717) is 11.9 Å². The van der Waals surface area contributed by atoms with Gasteiger partial charge in [-0.25, -0.2) is 9.97 Å². The highest BCUT2D eigenvalue weighted by molar-refractivity contribution is 5.24. The quantitative estimate of drug-likeness (QED) is 0.808. The summed E-state index contributed by atoms with van der Waals surface area (Å²) in [4.78, 5) is 10.8. The standard InChI is InChI=1S/C12H20N4O/c13-11-4-6-14-12(15-11)9-16-7-2-1-3-10(16)5-8-17/h4,6,10,17H,1-3,5,7-9H2,(H2,13,14,15). The number of nitrogens with two attached hydrogens (primary N) is 1. The number of rotatable bonds is 4. The molecule has 0 saturated carbocycles. The fourth-order valence-electron chi connectivity index (χ4n) is 2.42. The van der Waals surface area contributed by atoms with Crippen LogP contribution in [0.4, 0.5) is 5.82 Å². The summed E-state index contributed by atoms with van der Waals surface area (Å²) in [6.45, 7) is 2.04. The van der Waals surface area contributed by atoms with E-state index >= 15 is 0 Å². The Kier molecular flexibility index (Phi) is 4.28. The van der Waals surface area contributed by atoms with Crippen molar-refractivity contribution in [2.45, 2.75) is 38.3 Å². The molecule has 0 aromatic carbocycles. The van der Waals surface area contributed by atoms with Crippen molar-refractivity contribution in [1.29, 1.82) is 0 Å². The first kappa shape index (κ1) is 12.3. The van der Waals surface area contributed by atoms with E-state index in [9.17, 15) is 0 Å². The third-order valence-corrected chi connectivity index (χ3v) is 3.28. The highest BCUT2D eigenvalue weighted by Crippen LogP contribution is 2.20. The fraction of sp³-hybridized carbons (Fsp3) is 0.667. The minimum atomic E-state index is 0.249. The number of aliphatic hydroxyl groups is 1. The Bertz CT molecular complexity index is 356. The first-order chi connectivity index (χ1) is 8.29. The third kappa shape index (κ3) is 3.38. The lowest BCUT2D eigenvalue weighted by Gasteiger charge is -2.34. The SMILES string of the molecule is Nc1ccnc(CN2CCCCC2CCO)n1. The molecule has 0 radical (unpaired) electrons. The van der Waals surface area contributed by atoms with Gasteiger partial charge >= 0.3 is 0 Å². The molecule has 1 aliphatic rings. The predicted octanol–water partition coefficient (Wildman–Crippen LogP) is 0.796. The molecule has 5 heteroatoms. The zero-order valence-electron chi connectivity index (χ0n) is 10.0. The molecule has 0 bridgehead atoms. The monoisotopic (exact) mass is 236 g/mol. The van der Waals surface area contributed by atoms with Crippen LogP contribution < -0.4 is 5.73 Å². The van der Waals surface area contributed by atoms with E-state index in [0.717, 1.165) is 31.8 Å². The number of hydrogen-bond donors (Lipinski definition) is 2. The van der Waals surface area contributed by atoms with Gasteiger partial charge in [0.25, 0.3) is 0 Å². The molecule has 94 valence electrons. The zero-order chi connectivity index (χ0) is 12.1. The van der Waals surface area contributed by atoms with Gasteiger partial charge < -0.3 is 10.8 Å². The summed E-state index contributed by atoms with van der Waals surface area (Å²) in [5.74, 6) is 1.29. The topological polar surface area (TPSA) is 75.3 Å². The second-order valence-corrected chi connectivity index (χ2v) is 4.53. The summed E-state index contributed by atoms with van der Waals surface area (Å²) >= 11 is 0. The van der Waals surface area contributed by atoms with Crippen molar-refractivity contribution in [2.75, 3.05) is 18.9 Å². The number of hydrogen-bond acceptors (Lipinski definition) is 5. The lowest BCUT2D eigenvalue weighted by Crippen LogP contribution is -2.39. The number of anilines is 1. The minimum absolute atomic E-state index is 0.249. The smallest absolute Gasteiger partial charge is 0.144 e. The molecule has 1 aromatic rings. The number of nitrogen functional groups attached to an aromatic ring is 1. The Labute approximate surface area is 102 Å². The number of likely N-dealkylation sites (tertiary alicyclic amines) is 1. The van der Waals surface area contributed by atoms with Crippen molar-refractivity contribution >= 4 is 5.82 Å². The Morgan fingerprint density at radius 2 is 2.35 bits per heavy atom. The molecule has 17 heavy (non-hydrogen) atoms. The molecular formula is C12H20N4O. The Balaban J connectivity index is 2.00. The normalized spacial score (nSPS) is 21.6. The molecule has 0 spiro atoms. The maximum atomic E-state index is 9.07. The number of piperidine rings is 1. The lowest BCUT2D eigenvalue weighted by molar-refractivity contribution is 0.110. The van der Waals surface area contributed by atoms with Crippen LogP contribution in [0.5, 0.6) is 0 Å². The van der Waals surface area contributed by atoms with Gasteiger partial charge in [0.2, 0.25) is 0 Å². The molecule has 1 atom stereocenters. The van der Waals surface area contributed by atoms with Crippen molar-refractivity contribution in [3.63, 3.8) is 0 Å². The highest BCUT2D eigenvalue weighted by atomic mass is 16.3. The highest BCUT2D eigenvalue weighted by Gasteiger charge is 2.22. The zero-order valence-corrected chi connectivity index (χ0v) is 10.0. The molecule has 1 aliphatic heterocycles. The fourth-order valence-corrected chi connectivity index (χ4v) is 2.42. The molecule has 5 nitrogen and oxygen atoms in total. The van der Waals surface area contributed by atoms with E-state index in [1.165, 1.54) is 12.8 Å². The predicted molar refractivity (Wildman–Crippen MR) is 66.2 cm³/mol. The van der Waals surface area contributed by atoms with Crippen molar-refractivity contribution in [3.8, 4) is 0 Å². The molecule has 3 N–H and O–H groups in total. The van der Waals surface area contributed by atoms with Gasteiger partial charge in [0.05, 0.1) is 6.54 Å². The van der Waals surface area contributed by atoms with Crippen LogP contribution in [0, 0.1) is 0 Å². The van der Waals surface area contributed by atoms with Gasteiger partial charge in [0, 0.05) is 18.8 Å². The minimum Gasteiger partial charge on any atom is -0.396 e. The van der Waals surface area contributed by atoms with Gasteiger partial charge in [0.15, 0.2) is 0 Å². The van der Waals surface area contributed by atoms with Crippen LogP contribution in [0.2, 0.25) is 0 Å². The average molecular weight is 236 g/mol. The maximum Gasteiger partial charge on any atom is 0.144 e. The summed E-state index contributed by atoms with van der Waals surface area (Å²) in [6.07, 6.45) is 6.15. The number of aliphatic hydroxyl groups excluding tert-OH is 1. The van der Waals surface area contributed by atoms with Crippen LogP contribution in [-0.2, 0) is 6.54 Å². The summed E-state index contributed by atoms with van der Waals surface area (Å²) in [6, 6.07) is 2.16. The molecular weight excluding hydrogens is 216 g/mol. The van der Waals surface area contributed by atoms with Crippen LogP contribution in [0.3, 0.4) is 0 Å². The van der Waals surface area contributed by atoms with Gasteiger partial charge in [0.1, 0.15) is 11.6 Å². The molecule has 1 unspecified atom stereocenters. The lowest BCUT2D eigenvalue weighted by atomic mass is 10.00.